The first-order valence-electron chi connectivity index (χ1n) is 5.90. The Labute approximate surface area is 102 Å². The van der Waals surface area contributed by atoms with E-state index in [1.807, 2.05) is 24.3 Å². The van der Waals surface area contributed by atoms with Gasteiger partial charge in [-0.3, -0.25) is 5.41 Å². The minimum Gasteiger partial charge on any atom is -0.384 e. The highest BCUT2D eigenvalue weighted by molar-refractivity contribution is 5.95. The molecule has 4 nitrogen and oxygen atoms in total. The monoisotopic (exact) mass is 233 g/mol. The van der Waals surface area contributed by atoms with Crippen LogP contribution in [0.2, 0.25) is 0 Å². The van der Waals surface area contributed by atoms with Crippen LogP contribution in [0.25, 0.3) is 0 Å². The van der Waals surface area contributed by atoms with E-state index >= 15 is 0 Å². The molecule has 17 heavy (non-hydrogen) atoms. The molecule has 2 unspecified atom stereocenters. The lowest BCUT2D eigenvalue weighted by atomic mass is 10.1. The highest BCUT2D eigenvalue weighted by atomic mass is 16.5. The fourth-order valence-electron chi connectivity index (χ4n) is 2.10. The predicted octanol–water partition coefficient (Wildman–Crippen LogP) is 1.58. The summed E-state index contributed by atoms with van der Waals surface area (Å²) in [4.78, 5) is 2.33. The molecule has 0 spiro atoms. The molecule has 0 amide bonds. The zero-order chi connectivity index (χ0) is 12.4. The number of nitrogen functional groups attached to an aromatic ring is 1. The van der Waals surface area contributed by atoms with Gasteiger partial charge in [0.25, 0.3) is 0 Å². The Balaban J connectivity index is 2.18. The van der Waals surface area contributed by atoms with Crippen molar-refractivity contribution in [1.29, 1.82) is 5.41 Å². The molecule has 1 aromatic carbocycles. The van der Waals surface area contributed by atoms with Gasteiger partial charge in [0.15, 0.2) is 0 Å². The maximum absolute atomic E-state index is 7.37. The maximum atomic E-state index is 7.37. The van der Waals surface area contributed by atoms with E-state index in [0.717, 1.165) is 24.4 Å². The number of nitrogens with one attached hydrogen (secondary N) is 1. The molecule has 1 aliphatic rings. The van der Waals surface area contributed by atoms with E-state index in [0.29, 0.717) is 6.04 Å². The number of ether oxygens (including phenoxy) is 1. The maximum Gasteiger partial charge on any atom is 0.122 e. The van der Waals surface area contributed by atoms with Gasteiger partial charge >= 0.3 is 0 Å². The normalized spacial score (nSPS) is 24.7. The second-order valence-corrected chi connectivity index (χ2v) is 4.61. The highest BCUT2D eigenvalue weighted by Crippen LogP contribution is 2.22. The Morgan fingerprint density at radius 2 is 2.00 bits per heavy atom. The number of morpholine rings is 1. The van der Waals surface area contributed by atoms with E-state index in [2.05, 4.69) is 18.7 Å². The number of rotatable bonds is 2. The van der Waals surface area contributed by atoms with Crippen molar-refractivity contribution in [3.8, 4) is 0 Å². The van der Waals surface area contributed by atoms with Gasteiger partial charge in [0.2, 0.25) is 0 Å². The molecule has 1 aromatic rings. The zero-order valence-corrected chi connectivity index (χ0v) is 10.3. The SMILES string of the molecule is CC1CN(c2ccc(C(=N)N)cc2)C(C)CO1. The quantitative estimate of drug-likeness (QED) is 0.602. The van der Waals surface area contributed by atoms with Crippen LogP contribution in [0.3, 0.4) is 0 Å². The molecule has 0 aromatic heterocycles. The summed E-state index contributed by atoms with van der Waals surface area (Å²) >= 11 is 0. The van der Waals surface area contributed by atoms with Gasteiger partial charge in [-0.1, -0.05) is 0 Å². The lowest BCUT2D eigenvalue weighted by Crippen LogP contribution is -2.47. The molecule has 1 fully saturated rings. The van der Waals surface area contributed by atoms with Crippen LogP contribution in [0.1, 0.15) is 19.4 Å². The molecule has 3 N–H and O–H groups in total. The fourth-order valence-corrected chi connectivity index (χ4v) is 2.10. The summed E-state index contributed by atoms with van der Waals surface area (Å²) in [5, 5.41) is 7.37. The van der Waals surface area contributed by atoms with Crippen molar-refractivity contribution in [3.63, 3.8) is 0 Å². The molecule has 0 aliphatic carbocycles. The number of nitrogens with two attached hydrogens (primary N) is 1. The number of amidine groups is 1. The Kier molecular flexibility index (Phi) is 3.33. The number of hydrogen-bond acceptors (Lipinski definition) is 3. The molecule has 0 saturated carbocycles. The first-order valence-corrected chi connectivity index (χ1v) is 5.90. The van der Waals surface area contributed by atoms with E-state index in [1.54, 1.807) is 0 Å². The second kappa shape index (κ2) is 4.75. The lowest BCUT2D eigenvalue weighted by Gasteiger charge is -2.38. The average molecular weight is 233 g/mol. The third kappa shape index (κ3) is 2.58. The standard InChI is InChI=1S/C13H19N3O/c1-9-8-17-10(2)7-16(9)12-5-3-11(4-6-12)13(14)15/h3-6,9-10H,7-8H2,1-2H3,(H3,14,15). The van der Waals surface area contributed by atoms with Gasteiger partial charge < -0.3 is 15.4 Å². The second-order valence-electron chi connectivity index (χ2n) is 4.61. The topological polar surface area (TPSA) is 62.3 Å². The van der Waals surface area contributed by atoms with Crippen LogP contribution in [-0.2, 0) is 4.74 Å². The largest absolute Gasteiger partial charge is 0.384 e. The van der Waals surface area contributed by atoms with E-state index in [4.69, 9.17) is 15.9 Å². The third-order valence-corrected chi connectivity index (χ3v) is 3.12. The van der Waals surface area contributed by atoms with Crippen LogP contribution in [0.4, 0.5) is 5.69 Å². The number of benzene rings is 1. The van der Waals surface area contributed by atoms with Gasteiger partial charge in [-0.2, -0.15) is 0 Å². The van der Waals surface area contributed by atoms with E-state index in [-0.39, 0.29) is 11.9 Å². The van der Waals surface area contributed by atoms with Crippen LogP contribution in [0.15, 0.2) is 24.3 Å². The Hall–Kier alpha value is -1.55. The molecular formula is C13H19N3O. The zero-order valence-electron chi connectivity index (χ0n) is 10.3. The van der Waals surface area contributed by atoms with Gasteiger partial charge in [-0.25, -0.2) is 0 Å². The van der Waals surface area contributed by atoms with Gasteiger partial charge in [0, 0.05) is 23.8 Å². The van der Waals surface area contributed by atoms with Crippen molar-refractivity contribution >= 4 is 11.5 Å². The summed E-state index contributed by atoms with van der Waals surface area (Å²) in [5.41, 5.74) is 7.37. The number of nitrogens with zero attached hydrogens (tertiary/aromatic N) is 1. The summed E-state index contributed by atoms with van der Waals surface area (Å²) in [7, 11) is 0. The molecule has 1 aliphatic heterocycles. The minimum atomic E-state index is 0.111. The minimum absolute atomic E-state index is 0.111. The molecule has 0 bridgehead atoms. The Morgan fingerprint density at radius 1 is 1.35 bits per heavy atom. The summed E-state index contributed by atoms with van der Waals surface area (Å²) in [6, 6.07) is 8.21. The summed E-state index contributed by atoms with van der Waals surface area (Å²) < 4.78 is 5.61. The lowest BCUT2D eigenvalue weighted by molar-refractivity contribution is 0.0344. The smallest absolute Gasteiger partial charge is 0.122 e. The first-order chi connectivity index (χ1) is 8.08. The van der Waals surface area contributed by atoms with Crippen LogP contribution in [0, 0.1) is 5.41 Å². The van der Waals surface area contributed by atoms with Crippen molar-refractivity contribution in [2.24, 2.45) is 5.73 Å². The average Bonchev–Trinajstić information content (AvgIpc) is 2.32. The fraction of sp³-hybridized carbons (Fsp3) is 0.462. The number of hydrogen-bond donors (Lipinski definition) is 2. The molecular weight excluding hydrogens is 214 g/mol. The van der Waals surface area contributed by atoms with Crippen molar-refractivity contribution in [2.45, 2.75) is 26.0 Å². The van der Waals surface area contributed by atoms with Crippen LogP contribution in [-0.4, -0.2) is 31.1 Å². The molecule has 0 radical (unpaired) electrons. The van der Waals surface area contributed by atoms with Crippen LogP contribution in [0.5, 0.6) is 0 Å². The van der Waals surface area contributed by atoms with Crippen molar-refractivity contribution < 1.29 is 4.74 Å². The Bertz CT molecular complexity index is 402. The molecule has 1 heterocycles. The predicted molar refractivity (Wildman–Crippen MR) is 69.7 cm³/mol. The van der Waals surface area contributed by atoms with E-state index < -0.39 is 0 Å². The van der Waals surface area contributed by atoms with Gasteiger partial charge in [0.1, 0.15) is 5.84 Å². The van der Waals surface area contributed by atoms with Crippen molar-refractivity contribution in [2.75, 3.05) is 18.1 Å². The van der Waals surface area contributed by atoms with Gasteiger partial charge in [-0.15, -0.1) is 0 Å². The summed E-state index contributed by atoms with van der Waals surface area (Å²) in [6.45, 7) is 5.91. The molecule has 4 heteroatoms. The summed E-state index contributed by atoms with van der Waals surface area (Å²) in [5.74, 6) is 0.111. The highest BCUT2D eigenvalue weighted by Gasteiger charge is 2.23. The third-order valence-electron chi connectivity index (χ3n) is 3.12. The van der Waals surface area contributed by atoms with E-state index in [9.17, 15) is 0 Å². The van der Waals surface area contributed by atoms with E-state index in [1.165, 1.54) is 0 Å². The first kappa shape index (κ1) is 11.9. The molecule has 92 valence electrons. The Morgan fingerprint density at radius 3 is 2.59 bits per heavy atom. The van der Waals surface area contributed by atoms with Crippen molar-refractivity contribution in [1.82, 2.24) is 0 Å². The van der Waals surface area contributed by atoms with Crippen molar-refractivity contribution in [3.05, 3.63) is 29.8 Å². The molecule has 1 saturated heterocycles. The summed E-state index contributed by atoms with van der Waals surface area (Å²) in [6.07, 6.45) is 0.263. The molecule has 2 rings (SSSR count). The van der Waals surface area contributed by atoms with Gasteiger partial charge in [-0.05, 0) is 38.1 Å². The van der Waals surface area contributed by atoms with Gasteiger partial charge in [0.05, 0.1) is 12.7 Å². The molecule has 2 atom stereocenters. The van der Waals surface area contributed by atoms with Crippen LogP contribution >= 0.6 is 0 Å². The van der Waals surface area contributed by atoms with Crippen LogP contribution < -0.4 is 10.6 Å². The number of anilines is 1.